The highest BCUT2D eigenvalue weighted by Crippen LogP contribution is 2.42. The molecule has 17 heteroatoms. The number of fused-ring (bicyclic) bond motifs is 1. The number of nitrogens with one attached hydrogen (secondary N) is 2. The zero-order valence-corrected chi connectivity index (χ0v) is 23.6. The minimum atomic E-state index is -4.49. The summed E-state index contributed by atoms with van der Waals surface area (Å²) in [4.78, 5) is 31.0. The van der Waals surface area contributed by atoms with Crippen molar-refractivity contribution in [1.82, 2.24) is 40.4 Å². The standard InChI is InChI=1S/C26H31F5N8O4/c1-14-21(37-43-36-14)22(40)35-17(6-7-24(2,3)26(29,30)31)18-10-39-20(34-18)8-15(9-33-39)19(11-42-16-4-5-16)38-13-25(27,28)12-32-23(38)41/h8-10,16-17,19H,4-7,11-13H2,1-3H3,(H,32,41)(H,35,40)/t17-,19+/m0/s1. The Morgan fingerprint density at radius 2 is 2.02 bits per heavy atom. The van der Waals surface area contributed by atoms with E-state index >= 15 is 0 Å². The van der Waals surface area contributed by atoms with Crippen molar-refractivity contribution in [2.45, 2.75) is 76.7 Å². The number of imidazole rings is 1. The van der Waals surface area contributed by atoms with Crippen LogP contribution in [0.2, 0.25) is 0 Å². The molecule has 3 amide bonds. The average molecular weight is 615 g/mol. The van der Waals surface area contributed by atoms with Crippen molar-refractivity contribution in [2.24, 2.45) is 5.41 Å². The van der Waals surface area contributed by atoms with Gasteiger partial charge in [0.25, 0.3) is 11.8 Å². The Morgan fingerprint density at radius 1 is 1.28 bits per heavy atom. The first-order chi connectivity index (χ1) is 20.1. The monoisotopic (exact) mass is 614 g/mol. The summed E-state index contributed by atoms with van der Waals surface area (Å²) in [7, 11) is 0. The highest BCUT2D eigenvalue weighted by Gasteiger charge is 2.47. The third-order valence-electron chi connectivity index (χ3n) is 7.65. The number of aryl methyl sites for hydroxylation is 1. The van der Waals surface area contributed by atoms with Gasteiger partial charge in [-0.2, -0.15) is 18.3 Å². The van der Waals surface area contributed by atoms with Crippen LogP contribution in [0.4, 0.5) is 26.7 Å². The lowest BCUT2D eigenvalue weighted by molar-refractivity contribution is -0.214. The third-order valence-corrected chi connectivity index (χ3v) is 7.65. The quantitative estimate of drug-likeness (QED) is 0.307. The van der Waals surface area contributed by atoms with Crippen LogP contribution in [0.25, 0.3) is 5.65 Å². The average Bonchev–Trinajstić information content (AvgIpc) is 3.49. The van der Waals surface area contributed by atoms with E-state index in [9.17, 15) is 31.5 Å². The molecule has 3 aromatic heterocycles. The minimum absolute atomic E-state index is 0.0144. The van der Waals surface area contributed by atoms with Crippen LogP contribution in [0.3, 0.4) is 0 Å². The van der Waals surface area contributed by atoms with E-state index in [-0.39, 0.29) is 48.3 Å². The Balaban J connectivity index is 1.45. The highest BCUT2D eigenvalue weighted by molar-refractivity contribution is 5.93. The van der Waals surface area contributed by atoms with Gasteiger partial charge in [-0.15, -0.1) is 0 Å². The topological polar surface area (TPSA) is 140 Å². The number of aromatic nitrogens is 5. The predicted molar refractivity (Wildman–Crippen MR) is 138 cm³/mol. The van der Waals surface area contributed by atoms with Gasteiger partial charge >= 0.3 is 12.2 Å². The molecule has 1 aliphatic heterocycles. The molecule has 12 nitrogen and oxygen atoms in total. The number of amides is 3. The van der Waals surface area contributed by atoms with Crippen molar-refractivity contribution in [3.8, 4) is 0 Å². The number of rotatable bonds is 11. The van der Waals surface area contributed by atoms with E-state index < -0.39 is 54.6 Å². The zero-order valence-electron chi connectivity index (χ0n) is 23.6. The maximum Gasteiger partial charge on any atom is 0.393 e. The van der Waals surface area contributed by atoms with Gasteiger partial charge in [-0.25, -0.2) is 27.7 Å². The SMILES string of the molecule is Cc1nonc1C(=O)N[C@@H](CCC(C)(C)C(F)(F)F)c1cn2ncc([C@@H](COC3CC3)N3CC(F)(F)CNC3=O)cc2n1. The van der Waals surface area contributed by atoms with E-state index in [4.69, 9.17) is 4.74 Å². The molecule has 5 rings (SSSR count). The molecule has 0 bridgehead atoms. The summed E-state index contributed by atoms with van der Waals surface area (Å²) >= 11 is 0. The van der Waals surface area contributed by atoms with Crippen molar-refractivity contribution in [3.05, 3.63) is 41.1 Å². The molecular formula is C26H31F5N8O4. The Hall–Kier alpha value is -3.89. The summed E-state index contributed by atoms with van der Waals surface area (Å²) in [6.45, 7) is 1.99. The molecule has 43 heavy (non-hydrogen) atoms. The molecule has 1 saturated heterocycles. The Labute approximate surface area is 242 Å². The number of urea groups is 1. The zero-order chi connectivity index (χ0) is 31.2. The molecule has 0 aromatic carbocycles. The maximum absolute atomic E-state index is 14.3. The second kappa shape index (κ2) is 11.3. The van der Waals surface area contributed by atoms with Crippen LogP contribution >= 0.6 is 0 Å². The van der Waals surface area contributed by atoms with Crippen molar-refractivity contribution in [2.75, 3.05) is 19.7 Å². The van der Waals surface area contributed by atoms with E-state index in [0.29, 0.717) is 5.56 Å². The van der Waals surface area contributed by atoms with Gasteiger partial charge in [-0.3, -0.25) is 4.79 Å². The van der Waals surface area contributed by atoms with E-state index in [0.717, 1.165) is 31.6 Å². The second-order valence-electron chi connectivity index (χ2n) is 11.6. The number of carbonyl (C=O) groups excluding carboxylic acids is 2. The van der Waals surface area contributed by atoms with Crippen LogP contribution in [0.5, 0.6) is 0 Å². The molecule has 0 spiro atoms. The van der Waals surface area contributed by atoms with Crippen LogP contribution in [0.15, 0.2) is 23.1 Å². The number of carbonyl (C=O) groups is 2. The van der Waals surface area contributed by atoms with Crippen molar-refractivity contribution in [3.63, 3.8) is 0 Å². The molecular weight excluding hydrogens is 583 g/mol. The second-order valence-corrected chi connectivity index (χ2v) is 11.6. The number of nitrogens with zero attached hydrogens (tertiary/aromatic N) is 6. The molecule has 2 N–H and O–H groups in total. The van der Waals surface area contributed by atoms with Crippen LogP contribution in [0.1, 0.15) is 79.1 Å². The lowest BCUT2D eigenvalue weighted by atomic mass is 9.85. The first kappa shape index (κ1) is 30.6. The van der Waals surface area contributed by atoms with Crippen LogP contribution < -0.4 is 10.6 Å². The number of ether oxygens (including phenoxy) is 1. The Bertz CT molecular complexity index is 1490. The van der Waals surface area contributed by atoms with E-state index in [2.05, 4.69) is 35.7 Å². The summed E-state index contributed by atoms with van der Waals surface area (Å²) in [5.74, 6) is -3.87. The fraction of sp³-hybridized carbons (Fsp3) is 0.615. The first-order valence-electron chi connectivity index (χ1n) is 13.7. The fourth-order valence-electron chi connectivity index (χ4n) is 4.63. The maximum atomic E-state index is 14.3. The van der Waals surface area contributed by atoms with Gasteiger partial charge in [0.15, 0.2) is 11.3 Å². The molecule has 4 heterocycles. The molecule has 1 aliphatic carbocycles. The summed E-state index contributed by atoms with van der Waals surface area (Å²) < 4.78 is 81.1. The van der Waals surface area contributed by atoms with E-state index in [1.165, 1.54) is 23.8 Å². The molecule has 0 radical (unpaired) electrons. The predicted octanol–water partition coefficient (Wildman–Crippen LogP) is 4.14. The van der Waals surface area contributed by atoms with Gasteiger partial charge in [0.05, 0.1) is 61.4 Å². The van der Waals surface area contributed by atoms with Gasteiger partial charge in [0.2, 0.25) is 0 Å². The van der Waals surface area contributed by atoms with Crippen LogP contribution in [-0.2, 0) is 4.74 Å². The number of hydrogen-bond donors (Lipinski definition) is 2. The molecule has 234 valence electrons. The summed E-state index contributed by atoms with van der Waals surface area (Å²) in [6, 6.07) is -1.03. The van der Waals surface area contributed by atoms with Gasteiger partial charge < -0.3 is 20.3 Å². The molecule has 0 unspecified atom stereocenters. The summed E-state index contributed by atoms with van der Waals surface area (Å²) in [6.07, 6.45) is -0.474. The Morgan fingerprint density at radius 3 is 2.67 bits per heavy atom. The molecule has 2 fully saturated rings. The first-order valence-corrected chi connectivity index (χ1v) is 13.7. The van der Waals surface area contributed by atoms with Gasteiger partial charge in [-0.1, -0.05) is 19.0 Å². The van der Waals surface area contributed by atoms with Crippen molar-refractivity contribution < 1.29 is 40.9 Å². The number of alkyl halides is 5. The van der Waals surface area contributed by atoms with Crippen LogP contribution in [0, 0.1) is 12.3 Å². The van der Waals surface area contributed by atoms with Gasteiger partial charge in [-0.05, 0) is 43.8 Å². The number of halogens is 5. The van der Waals surface area contributed by atoms with E-state index in [1.807, 2.05) is 0 Å². The minimum Gasteiger partial charge on any atom is -0.376 e. The Kier molecular flexibility index (Phi) is 8.04. The summed E-state index contributed by atoms with van der Waals surface area (Å²) in [5, 5.41) is 16.3. The molecule has 1 saturated carbocycles. The lowest BCUT2D eigenvalue weighted by Gasteiger charge is -2.38. The van der Waals surface area contributed by atoms with Crippen molar-refractivity contribution in [1.29, 1.82) is 0 Å². The largest absolute Gasteiger partial charge is 0.393 e. The van der Waals surface area contributed by atoms with E-state index in [1.54, 1.807) is 6.07 Å². The smallest absolute Gasteiger partial charge is 0.376 e. The molecule has 3 aromatic rings. The van der Waals surface area contributed by atoms with Crippen LogP contribution in [-0.4, -0.2) is 79.6 Å². The third kappa shape index (κ3) is 6.86. The molecule has 2 aliphatic rings. The number of hydrogen-bond acceptors (Lipinski definition) is 8. The summed E-state index contributed by atoms with van der Waals surface area (Å²) in [5.41, 5.74) is -1.18. The highest BCUT2D eigenvalue weighted by atomic mass is 19.4. The fourth-order valence-corrected chi connectivity index (χ4v) is 4.63. The lowest BCUT2D eigenvalue weighted by Crippen LogP contribution is -2.58. The molecule has 2 atom stereocenters. The van der Waals surface area contributed by atoms with Gasteiger partial charge in [0, 0.05) is 5.56 Å². The van der Waals surface area contributed by atoms with Gasteiger partial charge in [0.1, 0.15) is 5.69 Å². The van der Waals surface area contributed by atoms with Crippen molar-refractivity contribution >= 4 is 17.6 Å². The normalized spacial score (nSPS) is 18.9.